The highest BCUT2D eigenvalue weighted by Crippen LogP contribution is 2.44. The number of hydrogen-bond acceptors (Lipinski definition) is 2. The van der Waals surface area contributed by atoms with Crippen LogP contribution in [0.25, 0.3) is 0 Å². The summed E-state index contributed by atoms with van der Waals surface area (Å²) in [5.41, 5.74) is -0.685. The predicted molar refractivity (Wildman–Crippen MR) is 63.0 cm³/mol. The van der Waals surface area contributed by atoms with E-state index in [-0.39, 0.29) is 12.8 Å². The number of amides is 1. The second-order valence-electron chi connectivity index (χ2n) is 4.83. The van der Waals surface area contributed by atoms with Gasteiger partial charge in [-0.2, -0.15) is 13.2 Å². The third-order valence-electron chi connectivity index (χ3n) is 3.52. The van der Waals surface area contributed by atoms with Crippen LogP contribution >= 0.6 is 0 Å². The minimum atomic E-state index is -4.95. The first-order valence-corrected chi connectivity index (χ1v) is 5.92. The summed E-state index contributed by atoms with van der Waals surface area (Å²) in [6.45, 7) is 0. The molecular formula is C13H12F3NO3. The van der Waals surface area contributed by atoms with Gasteiger partial charge >= 0.3 is 18.1 Å². The highest BCUT2D eigenvalue weighted by Gasteiger charge is 2.53. The molecular weight excluding hydrogens is 275 g/mol. The number of benzene rings is 1. The van der Waals surface area contributed by atoms with Crippen LogP contribution in [0.1, 0.15) is 18.4 Å². The molecule has 108 valence electrons. The maximum Gasteiger partial charge on any atom is 0.471 e. The zero-order chi connectivity index (χ0) is 15.0. The van der Waals surface area contributed by atoms with Crippen molar-refractivity contribution in [2.24, 2.45) is 0 Å². The molecule has 0 unspecified atom stereocenters. The molecule has 7 heteroatoms. The lowest BCUT2D eigenvalue weighted by atomic mass is 9.61. The van der Waals surface area contributed by atoms with Gasteiger partial charge in [-0.1, -0.05) is 30.3 Å². The zero-order valence-electron chi connectivity index (χ0n) is 10.3. The number of aliphatic carboxylic acids is 1. The molecule has 0 saturated heterocycles. The summed E-state index contributed by atoms with van der Waals surface area (Å²) in [7, 11) is 0. The lowest BCUT2D eigenvalue weighted by molar-refractivity contribution is -0.176. The van der Waals surface area contributed by atoms with Gasteiger partial charge in [-0.25, -0.2) is 0 Å². The van der Waals surface area contributed by atoms with Crippen LogP contribution in [0.15, 0.2) is 30.3 Å². The number of carboxylic acid groups (broad SMARTS) is 1. The molecule has 0 aliphatic heterocycles. The molecule has 1 fully saturated rings. The third kappa shape index (κ3) is 2.48. The highest BCUT2D eigenvalue weighted by molar-refractivity contribution is 5.85. The molecule has 1 aromatic rings. The molecule has 1 saturated carbocycles. The monoisotopic (exact) mass is 287 g/mol. The minimum Gasteiger partial charge on any atom is -0.481 e. The largest absolute Gasteiger partial charge is 0.481 e. The van der Waals surface area contributed by atoms with E-state index >= 15 is 0 Å². The first-order chi connectivity index (χ1) is 9.25. The van der Waals surface area contributed by atoms with Crippen molar-refractivity contribution in [3.8, 4) is 0 Å². The number of halogens is 3. The van der Waals surface area contributed by atoms with Gasteiger partial charge < -0.3 is 10.4 Å². The Morgan fingerprint density at radius 3 is 2.20 bits per heavy atom. The van der Waals surface area contributed by atoms with Crippen molar-refractivity contribution in [1.82, 2.24) is 5.32 Å². The van der Waals surface area contributed by atoms with Crippen molar-refractivity contribution in [2.45, 2.75) is 30.5 Å². The molecule has 1 aliphatic carbocycles. The lowest BCUT2D eigenvalue weighted by Gasteiger charge is -2.45. The average Bonchev–Trinajstić information content (AvgIpc) is 2.32. The Bertz CT molecular complexity index is 521. The Morgan fingerprint density at radius 1 is 1.20 bits per heavy atom. The molecule has 2 N–H and O–H groups in total. The Hall–Kier alpha value is -2.05. The van der Waals surface area contributed by atoms with Crippen LogP contribution in [0.3, 0.4) is 0 Å². The minimum absolute atomic E-state index is 0.0475. The van der Waals surface area contributed by atoms with Gasteiger partial charge in [-0.15, -0.1) is 0 Å². The number of hydrogen-bond donors (Lipinski definition) is 2. The summed E-state index contributed by atoms with van der Waals surface area (Å²) in [5, 5.41) is 11.1. The molecule has 0 aromatic heterocycles. The number of rotatable bonds is 3. The third-order valence-corrected chi connectivity index (χ3v) is 3.52. The molecule has 0 radical (unpaired) electrons. The van der Waals surface area contributed by atoms with E-state index in [1.807, 2.05) is 5.32 Å². The zero-order valence-corrected chi connectivity index (χ0v) is 10.3. The molecule has 4 nitrogen and oxygen atoms in total. The van der Waals surface area contributed by atoms with E-state index in [0.29, 0.717) is 5.56 Å². The number of alkyl halides is 3. The molecule has 0 bridgehead atoms. The van der Waals surface area contributed by atoms with E-state index in [9.17, 15) is 27.9 Å². The number of carbonyl (C=O) groups excluding carboxylic acids is 1. The predicted octanol–water partition coefficient (Wildman–Crippen LogP) is 1.85. The summed E-state index contributed by atoms with van der Waals surface area (Å²) < 4.78 is 36.3. The van der Waals surface area contributed by atoms with Crippen LogP contribution in [0.5, 0.6) is 0 Å². The van der Waals surface area contributed by atoms with Crippen LogP contribution in [-0.4, -0.2) is 29.2 Å². The van der Waals surface area contributed by atoms with Crippen molar-refractivity contribution < 1.29 is 27.9 Å². The lowest BCUT2D eigenvalue weighted by Crippen LogP contribution is -2.58. The molecule has 0 spiro atoms. The van der Waals surface area contributed by atoms with Crippen molar-refractivity contribution in [3.05, 3.63) is 35.9 Å². The van der Waals surface area contributed by atoms with Gasteiger partial charge in [0.1, 0.15) is 0 Å². The van der Waals surface area contributed by atoms with E-state index in [1.165, 1.54) is 0 Å². The summed E-state index contributed by atoms with van der Waals surface area (Å²) in [6.07, 6.45) is -5.05. The van der Waals surface area contributed by atoms with Gasteiger partial charge in [0.15, 0.2) is 0 Å². The summed E-state index contributed by atoms with van der Waals surface area (Å²) in [4.78, 5) is 22.2. The molecule has 20 heavy (non-hydrogen) atoms. The topological polar surface area (TPSA) is 66.4 Å². The molecule has 1 amide bonds. The Kier molecular flexibility index (Phi) is 3.45. The second-order valence-corrected chi connectivity index (χ2v) is 4.83. The van der Waals surface area contributed by atoms with Crippen LogP contribution in [0.4, 0.5) is 13.2 Å². The molecule has 0 heterocycles. The fourth-order valence-corrected chi connectivity index (χ4v) is 2.44. The van der Waals surface area contributed by atoms with Crippen molar-refractivity contribution >= 4 is 11.9 Å². The Labute approximate surface area is 112 Å². The summed E-state index contributed by atoms with van der Waals surface area (Å²) >= 11 is 0. The van der Waals surface area contributed by atoms with E-state index in [4.69, 9.17) is 0 Å². The second kappa shape index (κ2) is 4.81. The van der Waals surface area contributed by atoms with Crippen molar-refractivity contribution in [3.63, 3.8) is 0 Å². The number of nitrogens with one attached hydrogen (secondary N) is 1. The van der Waals surface area contributed by atoms with Crippen LogP contribution in [0, 0.1) is 0 Å². The summed E-state index contributed by atoms with van der Waals surface area (Å²) in [5.74, 6) is -3.13. The van der Waals surface area contributed by atoms with E-state index in [1.54, 1.807) is 30.3 Å². The number of carbonyl (C=O) groups is 2. The smallest absolute Gasteiger partial charge is 0.471 e. The first-order valence-electron chi connectivity index (χ1n) is 5.92. The standard InChI is InChI=1S/C13H12F3NO3/c14-13(15,16)10(18)17-9-6-12(7-9,11(19)20)8-4-2-1-3-5-8/h1-5,9H,6-7H2,(H,17,18)(H,19,20). The van der Waals surface area contributed by atoms with Gasteiger partial charge in [-0.3, -0.25) is 9.59 Å². The SMILES string of the molecule is O=C(NC1CC(C(=O)O)(c2ccccc2)C1)C(F)(F)F. The fourth-order valence-electron chi connectivity index (χ4n) is 2.44. The Morgan fingerprint density at radius 2 is 1.75 bits per heavy atom. The maximum absolute atomic E-state index is 12.1. The quantitative estimate of drug-likeness (QED) is 0.891. The molecule has 1 aliphatic rings. The van der Waals surface area contributed by atoms with Gasteiger partial charge in [-0.05, 0) is 18.4 Å². The fraction of sp³-hybridized carbons (Fsp3) is 0.385. The van der Waals surface area contributed by atoms with Crippen molar-refractivity contribution in [1.29, 1.82) is 0 Å². The van der Waals surface area contributed by atoms with Crippen LogP contribution in [0.2, 0.25) is 0 Å². The molecule has 2 rings (SSSR count). The van der Waals surface area contributed by atoms with Gasteiger partial charge in [0, 0.05) is 6.04 Å². The van der Waals surface area contributed by atoms with E-state index < -0.39 is 29.5 Å². The van der Waals surface area contributed by atoms with Crippen molar-refractivity contribution in [2.75, 3.05) is 0 Å². The van der Waals surface area contributed by atoms with Gasteiger partial charge in [0.25, 0.3) is 0 Å². The normalized spacial score (nSPS) is 25.6. The van der Waals surface area contributed by atoms with E-state index in [2.05, 4.69) is 0 Å². The molecule has 1 aromatic carbocycles. The van der Waals surface area contributed by atoms with Gasteiger partial charge in [0.05, 0.1) is 5.41 Å². The van der Waals surface area contributed by atoms with Crippen LogP contribution in [-0.2, 0) is 15.0 Å². The maximum atomic E-state index is 12.1. The summed E-state index contributed by atoms with van der Waals surface area (Å²) in [6, 6.07) is 7.52. The van der Waals surface area contributed by atoms with Gasteiger partial charge in [0.2, 0.25) is 0 Å². The van der Waals surface area contributed by atoms with E-state index in [0.717, 1.165) is 0 Å². The average molecular weight is 287 g/mol. The number of carboxylic acids is 1. The van der Waals surface area contributed by atoms with Crippen LogP contribution < -0.4 is 5.32 Å². The Balaban J connectivity index is 2.08. The molecule has 0 atom stereocenters. The highest BCUT2D eigenvalue weighted by atomic mass is 19.4. The first kappa shape index (κ1) is 14.4.